The van der Waals surface area contributed by atoms with Gasteiger partial charge in [0, 0.05) is 54.6 Å². The first-order chi connectivity index (χ1) is 14.1. The molecular weight excluding hydrogens is 370 g/mol. The van der Waals surface area contributed by atoms with Crippen LogP contribution in [0, 0.1) is 5.92 Å². The second-order valence-electron chi connectivity index (χ2n) is 7.76. The number of benzene rings is 1. The van der Waals surface area contributed by atoms with Crippen molar-refractivity contribution in [1.82, 2.24) is 14.8 Å². The molecule has 2 aliphatic rings. The number of carbonyl (C=O) groups excluding carboxylic acids is 2. The number of furan rings is 1. The minimum absolute atomic E-state index is 0.00859. The summed E-state index contributed by atoms with van der Waals surface area (Å²) in [6.45, 7) is 2.09. The van der Waals surface area contributed by atoms with Gasteiger partial charge in [0.1, 0.15) is 11.5 Å². The molecule has 1 atom stereocenters. The van der Waals surface area contributed by atoms with Crippen LogP contribution in [0.2, 0.25) is 0 Å². The number of amides is 2. The third-order valence-electron chi connectivity index (χ3n) is 5.98. The number of hydrogen-bond acceptors (Lipinski definition) is 4. The number of nitrogens with zero attached hydrogens (tertiary/aromatic N) is 2. The molecule has 2 amide bonds. The summed E-state index contributed by atoms with van der Waals surface area (Å²) in [6.07, 6.45) is 2.65. The van der Waals surface area contributed by atoms with E-state index in [1.54, 1.807) is 24.3 Å². The monoisotopic (exact) mass is 393 g/mol. The van der Waals surface area contributed by atoms with Crippen molar-refractivity contribution in [1.29, 1.82) is 0 Å². The maximum Gasteiger partial charge on any atom is 0.228 e. The standard InChI is InChI=1S/C22H23N3O4/c1-28-15-4-5-19-17(10-15)18-13-24(7-6-20(18)23-19)22(27)14-9-21(26)25(11-14)12-16-3-2-8-29-16/h2-5,8,10,14,23H,6-7,9,11-13H2,1H3/t14-/m1/s1. The Morgan fingerprint density at radius 3 is 3.03 bits per heavy atom. The molecule has 2 aromatic heterocycles. The molecule has 1 aromatic carbocycles. The van der Waals surface area contributed by atoms with Crippen molar-refractivity contribution in [3.05, 3.63) is 53.6 Å². The summed E-state index contributed by atoms with van der Waals surface area (Å²) in [5.41, 5.74) is 3.39. The zero-order valence-corrected chi connectivity index (χ0v) is 16.3. The van der Waals surface area contributed by atoms with Gasteiger partial charge < -0.3 is 23.9 Å². The molecule has 7 heteroatoms. The maximum atomic E-state index is 13.2. The summed E-state index contributed by atoms with van der Waals surface area (Å²) in [5, 5.41) is 1.10. The molecule has 2 aliphatic heterocycles. The highest BCUT2D eigenvalue weighted by Crippen LogP contribution is 2.32. The first-order valence-electron chi connectivity index (χ1n) is 9.89. The maximum absolute atomic E-state index is 13.2. The van der Waals surface area contributed by atoms with Gasteiger partial charge in [-0.05, 0) is 30.3 Å². The Morgan fingerprint density at radius 2 is 2.24 bits per heavy atom. The molecule has 150 valence electrons. The van der Waals surface area contributed by atoms with E-state index in [1.807, 2.05) is 29.2 Å². The van der Waals surface area contributed by atoms with Crippen LogP contribution >= 0.6 is 0 Å². The average molecular weight is 393 g/mol. The van der Waals surface area contributed by atoms with Crippen LogP contribution in [0.1, 0.15) is 23.4 Å². The molecule has 1 N–H and O–H groups in total. The van der Waals surface area contributed by atoms with Gasteiger partial charge in [0.2, 0.25) is 11.8 Å². The molecule has 0 aliphatic carbocycles. The van der Waals surface area contributed by atoms with Gasteiger partial charge in [0.15, 0.2) is 0 Å². The highest BCUT2D eigenvalue weighted by molar-refractivity contribution is 5.91. The second kappa shape index (κ2) is 6.99. The van der Waals surface area contributed by atoms with Gasteiger partial charge in [-0.2, -0.15) is 0 Å². The number of H-pyrrole nitrogens is 1. The van der Waals surface area contributed by atoms with Crippen molar-refractivity contribution >= 4 is 22.7 Å². The molecule has 1 saturated heterocycles. The molecule has 7 nitrogen and oxygen atoms in total. The number of carbonyl (C=O) groups is 2. The normalized spacial score (nSPS) is 19.1. The lowest BCUT2D eigenvalue weighted by atomic mass is 10.0. The SMILES string of the molecule is COc1ccc2[nH]c3c(c2c1)CN(C(=O)[C@@H]1CC(=O)N(Cc2ccco2)C1)CC3. The fourth-order valence-corrected chi connectivity index (χ4v) is 4.45. The van der Waals surface area contributed by atoms with Gasteiger partial charge in [-0.1, -0.05) is 0 Å². The van der Waals surface area contributed by atoms with Crippen molar-refractivity contribution < 1.29 is 18.7 Å². The zero-order chi connectivity index (χ0) is 20.0. The molecule has 0 bridgehead atoms. The van der Waals surface area contributed by atoms with Crippen LogP contribution in [0.3, 0.4) is 0 Å². The van der Waals surface area contributed by atoms with Crippen LogP contribution in [0.15, 0.2) is 41.0 Å². The van der Waals surface area contributed by atoms with Crippen LogP contribution in [0.5, 0.6) is 5.75 Å². The number of ether oxygens (including phenoxy) is 1. The molecular formula is C22H23N3O4. The smallest absolute Gasteiger partial charge is 0.228 e. The Balaban J connectivity index is 1.32. The molecule has 0 saturated carbocycles. The Labute approximate surface area is 168 Å². The van der Waals surface area contributed by atoms with Gasteiger partial charge in [0.05, 0.1) is 25.8 Å². The summed E-state index contributed by atoms with van der Waals surface area (Å²) >= 11 is 0. The van der Waals surface area contributed by atoms with Gasteiger partial charge in [-0.25, -0.2) is 0 Å². The fourth-order valence-electron chi connectivity index (χ4n) is 4.45. The fraction of sp³-hybridized carbons (Fsp3) is 0.364. The molecule has 1 fully saturated rings. The summed E-state index contributed by atoms with van der Waals surface area (Å²) in [6, 6.07) is 9.62. The Hall–Kier alpha value is -3.22. The van der Waals surface area contributed by atoms with Gasteiger partial charge in [0.25, 0.3) is 0 Å². The minimum atomic E-state index is -0.293. The molecule has 0 radical (unpaired) electrons. The Morgan fingerprint density at radius 1 is 1.34 bits per heavy atom. The third-order valence-corrected chi connectivity index (χ3v) is 5.98. The molecule has 4 heterocycles. The number of likely N-dealkylation sites (tertiary alicyclic amines) is 1. The van der Waals surface area contributed by atoms with Gasteiger partial charge >= 0.3 is 0 Å². The highest BCUT2D eigenvalue weighted by atomic mass is 16.5. The van der Waals surface area contributed by atoms with E-state index in [0.29, 0.717) is 26.2 Å². The van der Waals surface area contributed by atoms with Crippen molar-refractivity contribution in [2.45, 2.75) is 25.9 Å². The van der Waals surface area contributed by atoms with Crippen molar-refractivity contribution in [3.63, 3.8) is 0 Å². The number of methoxy groups -OCH3 is 1. The van der Waals surface area contributed by atoms with Crippen LogP contribution < -0.4 is 4.74 Å². The number of fused-ring (bicyclic) bond motifs is 3. The van der Waals surface area contributed by atoms with Crippen LogP contribution in [0.4, 0.5) is 0 Å². The summed E-state index contributed by atoms with van der Waals surface area (Å²) in [7, 11) is 1.65. The first kappa shape index (κ1) is 17.8. The highest BCUT2D eigenvalue weighted by Gasteiger charge is 2.38. The van der Waals surface area contributed by atoms with E-state index in [0.717, 1.165) is 34.4 Å². The number of aromatic amines is 1. The van der Waals surface area contributed by atoms with Crippen LogP contribution in [-0.2, 0) is 29.1 Å². The van der Waals surface area contributed by atoms with Gasteiger partial charge in [-0.3, -0.25) is 9.59 Å². The number of nitrogens with one attached hydrogen (secondary N) is 1. The van der Waals surface area contributed by atoms with Crippen molar-refractivity contribution in [2.75, 3.05) is 20.2 Å². The van der Waals surface area contributed by atoms with E-state index >= 15 is 0 Å². The van der Waals surface area contributed by atoms with Crippen LogP contribution in [0.25, 0.3) is 10.9 Å². The average Bonchev–Trinajstić information content (AvgIpc) is 3.46. The van der Waals surface area contributed by atoms with E-state index < -0.39 is 0 Å². The van der Waals surface area contributed by atoms with E-state index in [2.05, 4.69) is 4.98 Å². The molecule has 3 aromatic rings. The van der Waals surface area contributed by atoms with E-state index in [1.165, 1.54) is 5.69 Å². The van der Waals surface area contributed by atoms with Gasteiger partial charge in [-0.15, -0.1) is 0 Å². The largest absolute Gasteiger partial charge is 0.497 e. The lowest BCUT2D eigenvalue weighted by molar-refractivity contribution is -0.136. The zero-order valence-electron chi connectivity index (χ0n) is 16.3. The molecule has 0 unspecified atom stereocenters. The summed E-state index contributed by atoms with van der Waals surface area (Å²) < 4.78 is 10.7. The summed E-state index contributed by atoms with van der Waals surface area (Å²) in [5.74, 6) is 1.32. The number of aromatic nitrogens is 1. The topological polar surface area (TPSA) is 78.8 Å². The molecule has 29 heavy (non-hydrogen) atoms. The van der Waals surface area contributed by atoms with Crippen molar-refractivity contribution in [3.8, 4) is 5.75 Å². The van der Waals surface area contributed by atoms with E-state index in [-0.39, 0.29) is 24.2 Å². The molecule has 0 spiro atoms. The minimum Gasteiger partial charge on any atom is -0.497 e. The predicted molar refractivity (Wildman–Crippen MR) is 106 cm³/mol. The second-order valence-corrected chi connectivity index (χ2v) is 7.76. The summed E-state index contributed by atoms with van der Waals surface area (Å²) in [4.78, 5) is 32.6. The van der Waals surface area contributed by atoms with E-state index in [9.17, 15) is 9.59 Å². The number of hydrogen-bond donors (Lipinski definition) is 1. The van der Waals surface area contributed by atoms with Crippen LogP contribution in [-0.4, -0.2) is 46.8 Å². The lowest BCUT2D eigenvalue weighted by Crippen LogP contribution is -2.40. The Bertz CT molecular complexity index is 1070. The predicted octanol–water partition coefficient (Wildman–Crippen LogP) is 2.70. The lowest BCUT2D eigenvalue weighted by Gasteiger charge is -2.29. The molecule has 5 rings (SSSR count). The van der Waals surface area contributed by atoms with Crippen molar-refractivity contribution in [2.24, 2.45) is 5.92 Å². The first-order valence-corrected chi connectivity index (χ1v) is 9.89. The number of rotatable bonds is 4. The van der Waals surface area contributed by atoms with E-state index in [4.69, 9.17) is 9.15 Å². The third kappa shape index (κ3) is 3.16. The quantitative estimate of drug-likeness (QED) is 0.739. The Kier molecular flexibility index (Phi) is 4.30.